The Morgan fingerprint density at radius 2 is 1.92 bits per heavy atom. The van der Waals surface area contributed by atoms with Gasteiger partial charge in [0.15, 0.2) is 0 Å². The maximum absolute atomic E-state index is 12.2. The number of hydrogen-bond acceptors (Lipinski definition) is 4. The molecule has 2 aromatic carbocycles. The number of amides is 1. The molecule has 0 atom stereocenters. The fourth-order valence-electron chi connectivity index (χ4n) is 2.69. The van der Waals surface area contributed by atoms with E-state index in [1.165, 1.54) is 11.8 Å². The lowest BCUT2D eigenvalue weighted by Gasteiger charge is -2.04. The largest absolute Gasteiger partial charge is 0.361 e. The number of carbonyl (C=O) groups is 1. The van der Waals surface area contributed by atoms with Crippen LogP contribution < -0.4 is 5.32 Å². The SMILES string of the molecule is Cc1ccc2nc(-c3ccc(NC(=O)c4cnoc4C)cc3)[nH]c2c1. The normalized spacial score (nSPS) is 11.0. The highest BCUT2D eigenvalue weighted by molar-refractivity contribution is 6.04. The molecule has 2 N–H and O–H groups in total. The van der Waals surface area contributed by atoms with Crippen molar-refractivity contribution in [2.24, 2.45) is 0 Å². The number of benzene rings is 2. The lowest BCUT2D eigenvalue weighted by Crippen LogP contribution is -2.11. The fraction of sp³-hybridized carbons (Fsp3) is 0.105. The Balaban J connectivity index is 1.57. The molecule has 0 saturated heterocycles. The summed E-state index contributed by atoms with van der Waals surface area (Å²) in [4.78, 5) is 20.1. The number of nitrogens with zero attached hydrogens (tertiary/aromatic N) is 2. The van der Waals surface area contributed by atoms with Crippen molar-refractivity contribution < 1.29 is 9.32 Å². The molecule has 1 amide bonds. The molecular formula is C19H16N4O2. The number of aromatic amines is 1. The van der Waals surface area contributed by atoms with Crippen molar-refractivity contribution >= 4 is 22.6 Å². The van der Waals surface area contributed by atoms with E-state index in [1.807, 2.05) is 36.4 Å². The molecule has 0 aliphatic carbocycles. The highest BCUT2D eigenvalue weighted by Gasteiger charge is 2.13. The van der Waals surface area contributed by atoms with Crippen molar-refractivity contribution in [3.63, 3.8) is 0 Å². The predicted molar refractivity (Wildman–Crippen MR) is 95.5 cm³/mol. The molecule has 0 aliphatic heterocycles. The Morgan fingerprint density at radius 3 is 2.64 bits per heavy atom. The third kappa shape index (κ3) is 2.89. The molecule has 25 heavy (non-hydrogen) atoms. The van der Waals surface area contributed by atoms with Gasteiger partial charge in [0, 0.05) is 11.3 Å². The highest BCUT2D eigenvalue weighted by atomic mass is 16.5. The summed E-state index contributed by atoms with van der Waals surface area (Å²) in [5.41, 5.74) is 5.20. The van der Waals surface area contributed by atoms with Gasteiger partial charge in [-0.3, -0.25) is 4.79 Å². The van der Waals surface area contributed by atoms with E-state index in [0.717, 1.165) is 22.4 Å². The summed E-state index contributed by atoms with van der Waals surface area (Å²) in [5, 5.41) is 6.45. The molecule has 6 heteroatoms. The van der Waals surface area contributed by atoms with Crippen molar-refractivity contribution in [1.29, 1.82) is 0 Å². The number of imidazole rings is 1. The molecule has 6 nitrogen and oxygen atoms in total. The Hall–Kier alpha value is -3.41. The van der Waals surface area contributed by atoms with E-state index in [2.05, 4.69) is 33.4 Å². The zero-order valence-electron chi connectivity index (χ0n) is 13.8. The van der Waals surface area contributed by atoms with E-state index in [-0.39, 0.29) is 5.91 Å². The molecule has 0 saturated carbocycles. The highest BCUT2D eigenvalue weighted by Crippen LogP contribution is 2.23. The van der Waals surface area contributed by atoms with E-state index >= 15 is 0 Å². The van der Waals surface area contributed by atoms with Crippen molar-refractivity contribution in [3.8, 4) is 11.4 Å². The number of aromatic nitrogens is 3. The first-order valence-corrected chi connectivity index (χ1v) is 7.89. The lowest BCUT2D eigenvalue weighted by molar-refractivity contribution is 0.102. The maximum atomic E-state index is 12.2. The minimum Gasteiger partial charge on any atom is -0.361 e. The summed E-state index contributed by atoms with van der Waals surface area (Å²) in [7, 11) is 0. The summed E-state index contributed by atoms with van der Waals surface area (Å²) in [6.07, 6.45) is 1.41. The van der Waals surface area contributed by atoms with Gasteiger partial charge < -0.3 is 14.8 Å². The van der Waals surface area contributed by atoms with Crippen LogP contribution in [0.2, 0.25) is 0 Å². The first-order valence-electron chi connectivity index (χ1n) is 7.89. The molecule has 0 spiro atoms. The number of H-pyrrole nitrogens is 1. The van der Waals surface area contributed by atoms with E-state index in [4.69, 9.17) is 4.52 Å². The molecule has 0 radical (unpaired) electrons. The molecule has 4 aromatic rings. The van der Waals surface area contributed by atoms with E-state index in [1.54, 1.807) is 6.92 Å². The van der Waals surface area contributed by atoms with Crippen molar-refractivity contribution in [1.82, 2.24) is 15.1 Å². The average molecular weight is 332 g/mol. The van der Waals surface area contributed by atoms with Crippen LogP contribution in [0.15, 0.2) is 53.2 Å². The third-order valence-corrected chi connectivity index (χ3v) is 4.05. The number of carbonyl (C=O) groups excluding carboxylic acids is 1. The zero-order valence-corrected chi connectivity index (χ0v) is 13.8. The summed E-state index contributed by atoms with van der Waals surface area (Å²) in [6.45, 7) is 3.75. The van der Waals surface area contributed by atoms with Crippen LogP contribution in [0, 0.1) is 13.8 Å². The summed E-state index contributed by atoms with van der Waals surface area (Å²) >= 11 is 0. The predicted octanol–water partition coefficient (Wildman–Crippen LogP) is 4.09. The molecule has 4 rings (SSSR count). The Bertz CT molecular complexity index is 1060. The zero-order chi connectivity index (χ0) is 17.4. The molecule has 0 aliphatic rings. The first-order chi connectivity index (χ1) is 12.1. The monoisotopic (exact) mass is 332 g/mol. The fourth-order valence-corrected chi connectivity index (χ4v) is 2.69. The molecule has 0 unspecified atom stereocenters. The van der Waals surface area contributed by atoms with Crippen LogP contribution in [-0.4, -0.2) is 21.0 Å². The van der Waals surface area contributed by atoms with Gasteiger partial charge in [-0.05, 0) is 55.8 Å². The second kappa shape index (κ2) is 5.90. The first kappa shape index (κ1) is 15.1. The van der Waals surface area contributed by atoms with Crippen LogP contribution in [0.25, 0.3) is 22.4 Å². The van der Waals surface area contributed by atoms with E-state index in [9.17, 15) is 4.79 Å². The van der Waals surface area contributed by atoms with Crippen LogP contribution in [0.5, 0.6) is 0 Å². The summed E-state index contributed by atoms with van der Waals surface area (Å²) < 4.78 is 4.91. The van der Waals surface area contributed by atoms with Gasteiger partial charge in [0.2, 0.25) is 0 Å². The summed E-state index contributed by atoms with van der Waals surface area (Å²) in [5.74, 6) is 1.05. The van der Waals surface area contributed by atoms with Gasteiger partial charge in [0.05, 0.1) is 17.2 Å². The number of nitrogens with one attached hydrogen (secondary N) is 2. The van der Waals surface area contributed by atoms with Crippen LogP contribution >= 0.6 is 0 Å². The number of hydrogen-bond donors (Lipinski definition) is 2. The van der Waals surface area contributed by atoms with Crippen molar-refractivity contribution in [2.45, 2.75) is 13.8 Å². The molecule has 0 bridgehead atoms. The third-order valence-electron chi connectivity index (χ3n) is 4.05. The standard InChI is InChI=1S/C19H16N4O2/c1-11-3-8-16-17(9-11)23-18(22-16)13-4-6-14(7-5-13)21-19(24)15-10-20-25-12(15)2/h3-10H,1-2H3,(H,21,24)(H,22,23). The van der Waals surface area contributed by atoms with Gasteiger partial charge in [-0.25, -0.2) is 4.98 Å². The second-order valence-corrected chi connectivity index (χ2v) is 5.93. The van der Waals surface area contributed by atoms with Crippen LogP contribution in [0.3, 0.4) is 0 Å². The molecule has 2 heterocycles. The average Bonchev–Trinajstić information content (AvgIpc) is 3.21. The topological polar surface area (TPSA) is 83.8 Å². The van der Waals surface area contributed by atoms with E-state index in [0.29, 0.717) is 17.0 Å². The van der Waals surface area contributed by atoms with E-state index < -0.39 is 0 Å². The van der Waals surface area contributed by atoms with Gasteiger partial charge in [-0.2, -0.15) is 0 Å². The van der Waals surface area contributed by atoms with Gasteiger partial charge in [0.25, 0.3) is 5.91 Å². The number of rotatable bonds is 3. The molecule has 124 valence electrons. The van der Waals surface area contributed by atoms with Crippen molar-refractivity contribution in [2.75, 3.05) is 5.32 Å². The van der Waals surface area contributed by atoms with Gasteiger partial charge >= 0.3 is 0 Å². The Morgan fingerprint density at radius 1 is 1.12 bits per heavy atom. The van der Waals surface area contributed by atoms with Crippen LogP contribution in [0.4, 0.5) is 5.69 Å². The molecular weight excluding hydrogens is 316 g/mol. The minimum atomic E-state index is -0.245. The van der Waals surface area contributed by atoms with Crippen LogP contribution in [-0.2, 0) is 0 Å². The Kier molecular flexibility index (Phi) is 3.57. The number of aryl methyl sites for hydroxylation is 2. The number of anilines is 1. The maximum Gasteiger partial charge on any atom is 0.260 e. The second-order valence-electron chi connectivity index (χ2n) is 5.93. The van der Waals surface area contributed by atoms with Crippen molar-refractivity contribution in [3.05, 3.63) is 65.5 Å². The minimum absolute atomic E-state index is 0.245. The smallest absolute Gasteiger partial charge is 0.260 e. The van der Waals surface area contributed by atoms with Crippen LogP contribution in [0.1, 0.15) is 21.7 Å². The van der Waals surface area contributed by atoms with Gasteiger partial charge in [0.1, 0.15) is 17.1 Å². The van der Waals surface area contributed by atoms with Gasteiger partial charge in [-0.15, -0.1) is 0 Å². The van der Waals surface area contributed by atoms with Gasteiger partial charge in [-0.1, -0.05) is 11.2 Å². The lowest BCUT2D eigenvalue weighted by atomic mass is 10.2. The summed E-state index contributed by atoms with van der Waals surface area (Å²) in [6, 6.07) is 13.6. The quantitative estimate of drug-likeness (QED) is 0.592. The molecule has 2 aromatic heterocycles. The Labute approximate surface area is 143 Å². The molecule has 0 fully saturated rings. The number of fused-ring (bicyclic) bond motifs is 1.